The lowest BCUT2D eigenvalue weighted by atomic mass is 9.93. The molecule has 1 aromatic heterocycles. The summed E-state index contributed by atoms with van der Waals surface area (Å²) in [5.74, 6) is 0.862. The highest BCUT2D eigenvalue weighted by molar-refractivity contribution is 7.89. The molecule has 0 saturated carbocycles. The minimum atomic E-state index is -3.80. The zero-order valence-corrected chi connectivity index (χ0v) is 15.4. The van der Waals surface area contributed by atoms with Crippen molar-refractivity contribution in [2.75, 3.05) is 18.4 Å². The summed E-state index contributed by atoms with van der Waals surface area (Å²) in [6, 6.07) is 4.64. The number of unbranched alkanes of at least 4 members (excludes halogenated alkanes) is 1. The largest absolute Gasteiger partial charge is 0.465 e. The van der Waals surface area contributed by atoms with E-state index in [9.17, 15) is 18.3 Å². The van der Waals surface area contributed by atoms with Gasteiger partial charge < -0.3 is 15.3 Å². The van der Waals surface area contributed by atoms with Crippen molar-refractivity contribution in [1.82, 2.24) is 9.88 Å². The molecule has 1 aliphatic rings. The molecule has 2 heterocycles. The molecule has 8 nitrogen and oxygen atoms in total. The first-order chi connectivity index (χ1) is 11.6. The van der Waals surface area contributed by atoms with Crippen LogP contribution in [0.4, 0.5) is 10.6 Å². The highest BCUT2D eigenvalue weighted by Crippen LogP contribution is 2.35. The Bertz CT molecular complexity index is 721. The smallest absolute Gasteiger partial charge is 0.407 e. The van der Waals surface area contributed by atoms with E-state index in [0.29, 0.717) is 24.8 Å². The van der Waals surface area contributed by atoms with Crippen molar-refractivity contribution in [2.45, 2.75) is 50.1 Å². The first-order valence-electron chi connectivity index (χ1n) is 8.34. The monoisotopic (exact) mass is 370 g/mol. The molecule has 2 rings (SSSR count). The van der Waals surface area contributed by atoms with Crippen molar-refractivity contribution >= 4 is 21.9 Å². The van der Waals surface area contributed by atoms with E-state index in [1.165, 1.54) is 11.0 Å². The molecule has 1 atom stereocenters. The van der Waals surface area contributed by atoms with Crippen LogP contribution in [0, 0.1) is 5.92 Å². The number of likely N-dealkylation sites (tertiary alicyclic amines) is 1. The standard InChI is InChI=1S/C16H26N4O4S/c1-16(2)10-12(11-20(16)15(21)22)6-3-4-9-18-13-7-5-8-14(19-13)25(17,23)24/h5,7-8,12H,3-4,6,9-11H2,1-2H3,(H,18,19)(H,21,22)(H2,17,23,24)/t12-/m0/s1. The molecule has 25 heavy (non-hydrogen) atoms. The molecule has 0 radical (unpaired) electrons. The van der Waals surface area contributed by atoms with Crippen LogP contribution >= 0.6 is 0 Å². The predicted molar refractivity (Wildman–Crippen MR) is 94.9 cm³/mol. The number of nitrogens with one attached hydrogen (secondary N) is 1. The average molecular weight is 370 g/mol. The number of primary sulfonamides is 1. The summed E-state index contributed by atoms with van der Waals surface area (Å²) in [6.45, 7) is 5.19. The van der Waals surface area contributed by atoms with Crippen LogP contribution in [0.5, 0.6) is 0 Å². The lowest BCUT2D eigenvalue weighted by Gasteiger charge is -2.28. The SMILES string of the molecule is CC1(C)C[C@H](CCCCNc2cccc(S(N)(=O)=O)n2)CN1C(=O)O. The molecular formula is C16H26N4O4S. The Morgan fingerprint density at radius 2 is 2.16 bits per heavy atom. The molecule has 1 aliphatic heterocycles. The normalized spacial score (nSPS) is 19.8. The summed E-state index contributed by atoms with van der Waals surface area (Å²) >= 11 is 0. The minimum Gasteiger partial charge on any atom is -0.465 e. The Morgan fingerprint density at radius 1 is 1.44 bits per heavy atom. The van der Waals surface area contributed by atoms with E-state index in [4.69, 9.17) is 5.14 Å². The summed E-state index contributed by atoms with van der Waals surface area (Å²) in [5, 5.41) is 17.2. The number of hydrogen-bond acceptors (Lipinski definition) is 5. The first-order valence-corrected chi connectivity index (χ1v) is 9.88. The van der Waals surface area contributed by atoms with Gasteiger partial charge >= 0.3 is 6.09 Å². The summed E-state index contributed by atoms with van der Waals surface area (Å²) < 4.78 is 22.6. The van der Waals surface area contributed by atoms with Crippen molar-refractivity contribution in [3.8, 4) is 0 Å². The molecule has 1 aromatic rings. The molecular weight excluding hydrogens is 344 g/mol. The fourth-order valence-corrected chi connectivity index (χ4v) is 3.86. The van der Waals surface area contributed by atoms with Gasteiger partial charge in [-0.15, -0.1) is 0 Å². The van der Waals surface area contributed by atoms with E-state index < -0.39 is 16.1 Å². The van der Waals surface area contributed by atoms with Crippen LogP contribution in [0.1, 0.15) is 39.5 Å². The predicted octanol–water partition coefficient (Wildman–Crippen LogP) is 2.09. The number of sulfonamides is 1. The van der Waals surface area contributed by atoms with Crippen molar-refractivity contribution in [3.63, 3.8) is 0 Å². The molecule has 1 fully saturated rings. The van der Waals surface area contributed by atoms with Gasteiger partial charge in [-0.1, -0.05) is 12.5 Å². The fraction of sp³-hybridized carbons (Fsp3) is 0.625. The second kappa shape index (κ2) is 7.57. The number of hydrogen-bond donors (Lipinski definition) is 3. The lowest BCUT2D eigenvalue weighted by Crippen LogP contribution is -2.41. The number of carbonyl (C=O) groups is 1. The van der Waals surface area contributed by atoms with Crippen molar-refractivity contribution in [1.29, 1.82) is 0 Å². The third-order valence-corrected chi connectivity index (χ3v) is 5.36. The minimum absolute atomic E-state index is 0.153. The lowest BCUT2D eigenvalue weighted by molar-refractivity contribution is 0.117. The third kappa shape index (κ3) is 5.30. The van der Waals surface area contributed by atoms with E-state index in [1.54, 1.807) is 12.1 Å². The number of nitrogens with zero attached hydrogens (tertiary/aromatic N) is 2. The van der Waals surface area contributed by atoms with Crippen molar-refractivity contribution in [3.05, 3.63) is 18.2 Å². The highest BCUT2D eigenvalue weighted by Gasteiger charge is 2.40. The Kier molecular flexibility index (Phi) is 5.89. The van der Waals surface area contributed by atoms with Crippen LogP contribution in [0.25, 0.3) is 0 Å². The van der Waals surface area contributed by atoms with Crippen LogP contribution in [0.15, 0.2) is 23.2 Å². The number of pyridine rings is 1. The van der Waals surface area contributed by atoms with Gasteiger partial charge in [-0.2, -0.15) is 0 Å². The van der Waals surface area contributed by atoms with Crippen molar-refractivity contribution in [2.24, 2.45) is 11.1 Å². The number of amides is 1. The Labute approximate surface area is 148 Å². The van der Waals surface area contributed by atoms with Gasteiger partial charge in [0.15, 0.2) is 5.03 Å². The molecule has 0 bridgehead atoms. The maximum Gasteiger partial charge on any atom is 0.407 e. The molecule has 0 unspecified atom stereocenters. The number of nitrogens with two attached hydrogens (primary N) is 1. The molecule has 1 saturated heterocycles. The number of carboxylic acid groups (broad SMARTS) is 1. The van der Waals surface area contributed by atoms with E-state index >= 15 is 0 Å². The highest BCUT2D eigenvalue weighted by atomic mass is 32.2. The topological polar surface area (TPSA) is 126 Å². The van der Waals surface area contributed by atoms with Gasteiger partial charge in [0.2, 0.25) is 0 Å². The van der Waals surface area contributed by atoms with Gasteiger partial charge in [-0.3, -0.25) is 0 Å². The van der Waals surface area contributed by atoms with Gasteiger partial charge in [0.25, 0.3) is 10.0 Å². The van der Waals surface area contributed by atoms with E-state index in [1.807, 2.05) is 13.8 Å². The molecule has 0 spiro atoms. The number of rotatable bonds is 7. The average Bonchev–Trinajstić information content (AvgIpc) is 2.81. The summed E-state index contributed by atoms with van der Waals surface area (Å²) in [7, 11) is -3.80. The maximum atomic E-state index is 11.3. The Hall–Kier alpha value is -1.87. The van der Waals surface area contributed by atoms with Crippen LogP contribution in [-0.2, 0) is 10.0 Å². The molecule has 0 aromatic carbocycles. The second-order valence-corrected chi connectivity index (χ2v) is 8.61. The fourth-order valence-electron chi connectivity index (χ4n) is 3.36. The number of anilines is 1. The summed E-state index contributed by atoms with van der Waals surface area (Å²) in [6.07, 6.45) is 2.86. The van der Waals surface area contributed by atoms with Gasteiger partial charge in [-0.05, 0) is 51.2 Å². The molecule has 4 N–H and O–H groups in total. The van der Waals surface area contributed by atoms with Crippen LogP contribution < -0.4 is 10.5 Å². The van der Waals surface area contributed by atoms with E-state index in [-0.39, 0.29) is 10.6 Å². The Morgan fingerprint density at radius 3 is 2.76 bits per heavy atom. The van der Waals surface area contributed by atoms with E-state index in [2.05, 4.69) is 10.3 Å². The zero-order chi connectivity index (χ0) is 18.7. The summed E-state index contributed by atoms with van der Waals surface area (Å²) in [5.41, 5.74) is -0.299. The second-order valence-electron chi connectivity index (χ2n) is 7.10. The third-order valence-electron chi connectivity index (χ3n) is 4.55. The Balaban J connectivity index is 1.73. The zero-order valence-electron chi connectivity index (χ0n) is 14.6. The van der Waals surface area contributed by atoms with Gasteiger partial charge in [0, 0.05) is 18.6 Å². The number of aromatic nitrogens is 1. The molecule has 140 valence electrons. The van der Waals surface area contributed by atoms with Crippen LogP contribution in [-0.4, -0.2) is 48.1 Å². The van der Waals surface area contributed by atoms with Gasteiger partial charge in [0.1, 0.15) is 5.82 Å². The maximum absolute atomic E-state index is 11.3. The quantitative estimate of drug-likeness (QED) is 0.631. The van der Waals surface area contributed by atoms with Crippen LogP contribution in [0.3, 0.4) is 0 Å². The summed E-state index contributed by atoms with van der Waals surface area (Å²) in [4.78, 5) is 16.7. The van der Waals surface area contributed by atoms with Gasteiger partial charge in [0.05, 0.1) is 0 Å². The van der Waals surface area contributed by atoms with Crippen LogP contribution in [0.2, 0.25) is 0 Å². The molecule has 0 aliphatic carbocycles. The van der Waals surface area contributed by atoms with E-state index in [0.717, 1.165) is 25.7 Å². The molecule has 9 heteroatoms. The van der Waals surface area contributed by atoms with Crippen molar-refractivity contribution < 1.29 is 18.3 Å². The molecule has 1 amide bonds. The van der Waals surface area contributed by atoms with Gasteiger partial charge in [-0.25, -0.2) is 23.3 Å². The first kappa shape index (κ1) is 19.5.